The minimum atomic E-state index is -3.54. The fraction of sp³-hybridized carbons (Fsp3) is 0.611. The van der Waals surface area contributed by atoms with Gasteiger partial charge in [-0.05, 0) is 38.0 Å². The Morgan fingerprint density at radius 3 is 2.52 bits per heavy atom. The van der Waals surface area contributed by atoms with Crippen molar-refractivity contribution in [1.29, 1.82) is 0 Å². The zero-order valence-electron chi connectivity index (χ0n) is 14.7. The highest BCUT2D eigenvalue weighted by Crippen LogP contribution is 2.22. The number of ether oxygens (including phenoxy) is 1. The van der Waals surface area contributed by atoms with Gasteiger partial charge in [0.2, 0.25) is 10.0 Å². The molecule has 0 saturated carbocycles. The Morgan fingerprint density at radius 1 is 1.12 bits per heavy atom. The van der Waals surface area contributed by atoms with Gasteiger partial charge in [-0.25, -0.2) is 8.42 Å². The Kier molecular flexibility index (Phi) is 5.76. The third kappa shape index (κ3) is 4.22. The van der Waals surface area contributed by atoms with Crippen LogP contribution in [-0.2, 0) is 14.8 Å². The standard InChI is InChI=1S/C18H26N2O4S/c1-15-14-19(11-12-24-15)18(21)16-7-6-8-17(13-16)25(22,23)20-9-4-2-3-5-10-20/h6-8,13,15H,2-5,9-12,14H2,1H3. The van der Waals surface area contributed by atoms with Crippen LogP contribution in [0.5, 0.6) is 0 Å². The minimum Gasteiger partial charge on any atom is -0.375 e. The van der Waals surface area contributed by atoms with Crippen LogP contribution in [0.2, 0.25) is 0 Å². The van der Waals surface area contributed by atoms with Gasteiger partial charge >= 0.3 is 0 Å². The van der Waals surface area contributed by atoms with E-state index >= 15 is 0 Å². The van der Waals surface area contributed by atoms with Crippen molar-refractivity contribution in [2.45, 2.75) is 43.6 Å². The van der Waals surface area contributed by atoms with Crippen molar-refractivity contribution in [3.05, 3.63) is 29.8 Å². The summed E-state index contributed by atoms with van der Waals surface area (Å²) in [4.78, 5) is 14.7. The zero-order valence-corrected chi connectivity index (χ0v) is 15.5. The van der Waals surface area contributed by atoms with E-state index in [1.807, 2.05) is 6.92 Å². The lowest BCUT2D eigenvalue weighted by Crippen LogP contribution is -2.44. The minimum absolute atomic E-state index is 0.00159. The second kappa shape index (κ2) is 7.85. The molecule has 138 valence electrons. The molecular formula is C18H26N2O4S. The van der Waals surface area contributed by atoms with Gasteiger partial charge in [-0.15, -0.1) is 0 Å². The summed E-state index contributed by atoms with van der Waals surface area (Å²) in [5, 5.41) is 0. The van der Waals surface area contributed by atoms with E-state index in [0.717, 1.165) is 25.7 Å². The quantitative estimate of drug-likeness (QED) is 0.822. The maximum Gasteiger partial charge on any atom is 0.254 e. The van der Waals surface area contributed by atoms with Gasteiger partial charge in [0.1, 0.15) is 0 Å². The van der Waals surface area contributed by atoms with Gasteiger partial charge in [-0.2, -0.15) is 4.31 Å². The van der Waals surface area contributed by atoms with Crippen LogP contribution < -0.4 is 0 Å². The van der Waals surface area contributed by atoms with E-state index in [2.05, 4.69) is 0 Å². The van der Waals surface area contributed by atoms with Crippen LogP contribution in [0.25, 0.3) is 0 Å². The molecule has 2 saturated heterocycles. The van der Waals surface area contributed by atoms with Crippen molar-refractivity contribution in [2.24, 2.45) is 0 Å². The van der Waals surface area contributed by atoms with Crippen LogP contribution in [0.15, 0.2) is 29.2 Å². The molecule has 0 spiro atoms. The molecule has 0 aliphatic carbocycles. The molecule has 1 atom stereocenters. The molecular weight excluding hydrogens is 340 g/mol. The summed E-state index contributed by atoms with van der Waals surface area (Å²) in [5.41, 5.74) is 0.421. The number of amides is 1. The molecule has 1 aromatic carbocycles. The fourth-order valence-corrected chi connectivity index (χ4v) is 4.97. The van der Waals surface area contributed by atoms with Gasteiger partial charge < -0.3 is 9.64 Å². The van der Waals surface area contributed by atoms with Gasteiger partial charge in [0, 0.05) is 31.7 Å². The SMILES string of the molecule is CC1CN(C(=O)c2cccc(S(=O)(=O)N3CCCCCC3)c2)CCO1. The Hall–Kier alpha value is -1.44. The Morgan fingerprint density at radius 2 is 1.84 bits per heavy atom. The average molecular weight is 366 g/mol. The Balaban J connectivity index is 1.81. The van der Waals surface area contributed by atoms with E-state index in [4.69, 9.17) is 4.74 Å². The molecule has 0 bridgehead atoms. The molecule has 1 amide bonds. The third-order valence-corrected chi connectivity index (χ3v) is 6.71. The van der Waals surface area contributed by atoms with E-state index < -0.39 is 10.0 Å². The zero-order chi connectivity index (χ0) is 17.9. The van der Waals surface area contributed by atoms with E-state index in [1.54, 1.807) is 27.4 Å². The Bertz CT molecular complexity index is 712. The van der Waals surface area contributed by atoms with E-state index in [-0.39, 0.29) is 16.9 Å². The summed E-state index contributed by atoms with van der Waals surface area (Å²) in [6.45, 7) is 4.62. The van der Waals surface area contributed by atoms with Crippen LogP contribution in [0.3, 0.4) is 0 Å². The first-order valence-electron chi connectivity index (χ1n) is 8.99. The largest absolute Gasteiger partial charge is 0.375 e. The molecule has 1 aromatic rings. The molecule has 0 aromatic heterocycles. The maximum atomic E-state index is 12.9. The number of carbonyl (C=O) groups excluding carboxylic acids is 1. The molecule has 0 N–H and O–H groups in total. The second-order valence-electron chi connectivity index (χ2n) is 6.78. The highest BCUT2D eigenvalue weighted by Gasteiger charge is 2.27. The summed E-state index contributed by atoms with van der Waals surface area (Å²) in [7, 11) is -3.54. The number of carbonyl (C=O) groups is 1. The van der Waals surface area contributed by atoms with Gasteiger partial charge in [0.15, 0.2) is 0 Å². The van der Waals surface area contributed by atoms with Gasteiger partial charge in [-0.3, -0.25) is 4.79 Å². The number of morpholine rings is 1. The summed E-state index contributed by atoms with van der Waals surface area (Å²) >= 11 is 0. The summed E-state index contributed by atoms with van der Waals surface area (Å²) in [5.74, 6) is -0.136. The lowest BCUT2D eigenvalue weighted by molar-refractivity contribution is -0.0124. The molecule has 2 aliphatic rings. The molecule has 3 rings (SSSR count). The first-order chi connectivity index (χ1) is 12.0. The van der Waals surface area contributed by atoms with Gasteiger partial charge in [0.05, 0.1) is 17.6 Å². The predicted octanol–water partition coefficient (Wildman–Crippen LogP) is 2.11. The first-order valence-corrected chi connectivity index (χ1v) is 10.4. The third-order valence-electron chi connectivity index (χ3n) is 4.81. The first kappa shape index (κ1) is 18.4. The lowest BCUT2D eigenvalue weighted by atomic mass is 10.2. The molecule has 2 heterocycles. The molecule has 1 unspecified atom stereocenters. The van der Waals surface area contributed by atoms with Crippen molar-refractivity contribution in [1.82, 2.24) is 9.21 Å². The molecule has 7 heteroatoms. The van der Waals surface area contributed by atoms with Gasteiger partial charge in [0.25, 0.3) is 5.91 Å². The van der Waals surface area contributed by atoms with E-state index in [1.165, 1.54) is 6.07 Å². The van der Waals surface area contributed by atoms with Crippen molar-refractivity contribution >= 4 is 15.9 Å². The van der Waals surface area contributed by atoms with Crippen LogP contribution >= 0.6 is 0 Å². The molecule has 25 heavy (non-hydrogen) atoms. The summed E-state index contributed by atoms with van der Waals surface area (Å²) in [6.07, 6.45) is 3.92. The number of sulfonamides is 1. The van der Waals surface area contributed by atoms with Crippen molar-refractivity contribution in [3.63, 3.8) is 0 Å². The smallest absolute Gasteiger partial charge is 0.254 e. The highest BCUT2D eigenvalue weighted by molar-refractivity contribution is 7.89. The number of benzene rings is 1. The van der Waals surface area contributed by atoms with E-state index in [0.29, 0.717) is 38.3 Å². The van der Waals surface area contributed by atoms with Crippen LogP contribution in [0.1, 0.15) is 43.0 Å². The normalized spacial score (nSPS) is 23.2. The van der Waals surface area contributed by atoms with Crippen LogP contribution in [0.4, 0.5) is 0 Å². The highest BCUT2D eigenvalue weighted by atomic mass is 32.2. The van der Waals surface area contributed by atoms with Crippen molar-refractivity contribution in [2.75, 3.05) is 32.8 Å². The number of nitrogens with zero attached hydrogens (tertiary/aromatic N) is 2. The molecule has 2 aliphatic heterocycles. The maximum absolute atomic E-state index is 12.9. The second-order valence-corrected chi connectivity index (χ2v) is 8.72. The molecule has 0 radical (unpaired) electrons. The number of hydrogen-bond donors (Lipinski definition) is 0. The van der Waals surface area contributed by atoms with Crippen LogP contribution in [-0.4, -0.2) is 62.4 Å². The molecule has 6 nitrogen and oxygen atoms in total. The Labute approximate surface area is 149 Å². The van der Waals surface area contributed by atoms with Crippen LogP contribution in [0, 0.1) is 0 Å². The summed E-state index contributed by atoms with van der Waals surface area (Å²) in [6, 6.07) is 6.44. The summed E-state index contributed by atoms with van der Waals surface area (Å²) < 4.78 is 32.9. The number of rotatable bonds is 3. The molecule has 2 fully saturated rings. The van der Waals surface area contributed by atoms with E-state index in [9.17, 15) is 13.2 Å². The fourth-order valence-electron chi connectivity index (χ4n) is 3.41. The monoisotopic (exact) mass is 366 g/mol. The average Bonchev–Trinajstić information content (AvgIpc) is 2.91. The number of hydrogen-bond acceptors (Lipinski definition) is 4. The lowest BCUT2D eigenvalue weighted by Gasteiger charge is -2.31. The van der Waals surface area contributed by atoms with Gasteiger partial charge in [-0.1, -0.05) is 18.9 Å². The predicted molar refractivity (Wildman–Crippen MR) is 95.0 cm³/mol. The van der Waals surface area contributed by atoms with Crippen molar-refractivity contribution in [3.8, 4) is 0 Å². The van der Waals surface area contributed by atoms with Crippen molar-refractivity contribution < 1.29 is 17.9 Å². The topological polar surface area (TPSA) is 66.9 Å².